The Bertz CT molecular complexity index is 2370. The van der Waals surface area contributed by atoms with Gasteiger partial charge in [0.25, 0.3) is 0 Å². The third kappa shape index (κ3) is 5.13. The average molecular weight is 659 g/mol. The number of hydrogen-bond donors (Lipinski definition) is 0. The van der Waals surface area contributed by atoms with Gasteiger partial charge in [-0.15, -0.1) is 0 Å². The van der Waals surface area contributed by atoms with Gasteiger partial charge >= 0.3 is 0 Å². The van der Waals surface area contributed by atoms with Gasteiger partial charge < -0.3 is 9.47 Å². The Morgan fingerprint density at radius 2 is 0.863 bits per heavy atom. The van der Waals surface area contributed by atoms with Crippen LogP contribution in [0.1, 0.15) is 84.7 Å². The lowest BCUT2D eigenvalue weighted by Gasteiger charge is -2.43. The molecule has 0 N–H and O–H groups in total. The molecule has 0 aromatic heterocycles. The molecule has 2 heteroatoms. The van der Waals surface area contributed by atoms with Gasteiger partial charge in [0.15, 0.2) is 0 Å². The summed E-state index contributed by atoms with van der Waals surface area (Å²) in [6.45, 7) is 5.07. The van der Waals surface area contributed by atoms with Crippen molar-refractivity contribution in [1.82, 2.24) is 0 Å². The van der Waals surface area contributed by atoms with E-state index in [0.717, 1.165) is 66.4 Å². The van der Waals surface area contributed by atoms with Crippen LogP contribution in [0.4, 0.5) is 0 Å². The van der Waals surface area contributed by atoms with E-state index >= 15 is 0 Å². The van der Waals surface area contributed by atoms with Crippen LogP contribution in [0.3, 0.4) is 0 Å². The molecule has 51 heavy (non-hydrogen) atoms. The van der Waals surface area contributed by atoms with Crippen LogP contribution >= 0.6 is 0 Å². The van der Waals surface area contributed by atoms with Crippen LogP contribution in [0.2, 0.25) is 0 Å². The molecule has 0 amide bonds. The van der Waals surface area contributed by atoms with Gasteiger partial charge in [0.2, 0.25) is 6.79 Å². The predicted molar refractivity (Wildman–Crippen MR) is 207 cm³/mol. The maximum atomic E-state index is 6.22. The first-order valence-electron chi connectivity index (χ1n) is 18.4. The quantitative estimate of drug-likeness (QED) is 0.119. The van der Waals surface area contributed by atoms with E-state index < -0.39 is 0 Å². The van der Waals surface area contributed by atoms with Gasteiger partial charge in [0, 0.05) is 45.2 Å². The molecule has 6 aromatic carbocycles. The van der Waals surface area contributed by atoms with E-state index in [1.807, 2.05) is 0 Å². The highest BCUT2D eigenvalue weighted by atomic mass is 16.7. The molecule has 0 saturated heterocycles. The molecule has 1 aliphatic heterocycles. The summed E-state index contributed by atoms with van der Waals surface area (Å²) in [5.74, 6) is 17.7. The van der Waals surface area contributed by atoms with Gasteiger partial charge in [-0.3, -0.25) is 0 Å². The lowest BCUT2D eigenvalue weighted by Crippen LogP contribution is -2.28. The molecule has 0 radical (unpaired) electrons. The SMILES string of the molecule is CC1CCC2C3=C1C(C)CCC3c1ccc(cc1)C#Cc1ccc3ccc4c(c3c1)-c1c(ccc3ccc(cc13)C#Cc1ccc2cc1)OCO4. The molecular formula is C49H38O2. The number of hydrogen-bond acceptors (Lipinski definition) is 2. The van der Waals surface area contributed by atoms with E-state index in [4.69, 9.17) is 9.47 Å². The number of rotatable bonds is 0. The Morgan fingerprint density at radius 1 is 0.451 bits per heavy atom. The molecule has 8 bridgehead atoms. The van der Waals surface area contributed by atoms with Crippen LogP contribution in [0.5, 0.6) is 11.5 Å². The topological polar surface area (TPSA) is 18.5 Å². The highest BCUT2D eigenvalue weighted by Crippen LogP contribution is 2.54. The fourth-order valence-electron chi connectivity index (χ4n) is 9.40. The molecule has 12 rings (SSSR count). The summed E-state index contributed by atoms with van der Waals surface area (Å²) in [6, 6.07) is 39.6. The van der Waals surface area contributed by atoms with Crippen molar-refractivity contribution in [2.24, 2.45) is 11.8 Å². The summed E-state index contributed by atoms with van der Waals surface area (Å²) >= 11 is 0. The Balaban J connectivity index is 1.20. The van der Waals surface area contributed by atoms with Crippen molar-refractivity contribution in [2.75, 3.05) is 6.79 Å². The van der Waals surface area contributed by atoms with Gasteiger partial charge in [0.1, 0.15) is 11.5 Å². The van der Waals surface area contributed by atoms with Crippen LogP contribution in [-0.2, 0) is 0 Å². The number of ether oxygens (including phenoxy) is 2. The van der Waals surface area contributed by atoms with Crippen molar-refractivity contribution in [3.05, 3.63) is 154 Å². The molecule has 6 aromatic rings. The Morgan fingerprint density at radius 3 is 1.33 bits per heavy atom. The monoisotopic (exact) mass is 658 g/mol. The van der Waals surface area contributed by atoms with Gasteiger partial charge in [-0.05, 0) is 131 Å². The maximum Gasteiger partial charge on any atom is 0.230 e. The third-order valence-electron chi connectivity index (χ3n) is 11.9. The summed E-state index contributed by atoms with van der Waals surface area (Å²) in [5.41, 5.74) is 12.3. The molecule has 4 atom stereocenters. The summed E-state index contributed by atoms with van der Waals surface area (Å²) < 4.78 is 12.4. The highest BCUT2D eigenvalue weighted by molar-refractivity contribution is 6.10. The normalized spacial score (nSPS) is 21.4. The van der Waals surface area contributed by atoms with Crippen molar-refractivity contribution < 1.29 is 9.47 Å². The first kappa shape index (κ1) is 30.2. The molecule has 0 spiro atoms. The van der Waals surface area contributed by atoms with Crippen LogP contribution in [0.15, 0.2) is 120 Å². The zero-order valence-electron chi connectivity index (χ0n) is 29.1. The molecule has 6 aliphatic rings. The second-order valence-electron chi connectivity index (χ2n) is 14.9. The van der Waals surface area contributed by atoms with E-state index in [1.54, 1.807) is 11.1 Å². The lowest BCUT2D eigenvalue weighted by atomic mass is 9.61. The molecule has 0 fully saturated rings. The molecule has 4 unspecified atom stereocenters. The first-order valence-corrected chi connectivity index (χ1v) is 18.4. The third-order valence-corrected chi connectivity index (χ3v) is 11.9. The van der Waals surface area contributed by atoms with Gasteiger partial charge in [-0.1, -0.05) is 97.2 Å². The number of fused-ring (bicyclic) bond motifs is 2. The van der Waals surface area contributed by atoms with Crippen LogP contribution in [0.25, 0.3) is 32.7 Å². The Kier molecular flexibility index (Phi) is 7.08. The number of allylic oxidation sites excluding steroid dienone is 2. The second kappa shape index (κ2) is 12.0. The second-order valence-corrected chi connectivity index (χ2v) is 14.9. The Labute approximate surface area is 300 Å². The smallest absolute Gasteiger partial charge is 0.230 e. The zero-order valence-corrected chi connectivity index (χ0v) is 29.1. The van der Waals surface area contributed by atoms with E-state index in [0.29, 0.717) is 23.7 Å². The fraction of sp³-hybridized carbons (Fsp3) is 0.224. The van der Waals surface area contributed by atoms with Gasteiger partial charge in [-0.2, -0.15) is 0 Å². The molecule has 0 saturated carbocycles. The summed E-state index contributed by atoms with van der Waals surface area (Å²) in [6.07, 6.45) is 4.89. The van der Waals surface area contributed by atoms with Crippen molar-refractivity contribution in [2.45, 2.75) is 51.4 Å². The lowest BCUT2D eigenvalue weighted by molar-refractivity contribution is 0.125. The maximum absolute atomic E-state index is 6.22. The van der Waals surface area contributed by atoms with Crippen molar-refractivity contribution in [3.8, 4) is 46.3 Å². The van der Waals surface area contributed by atoms with Crippen LogP contribution in [-0.4, -0.2) is 6.79 Å². The fourth-order valence-corrected chi connectivity index (χ4v) is 9.40. The predicted octanol–water partition coefficient (Wildman–Crippen LogP) is 11.5. The number of benzene rings is 6. The largest absolute Gasteiger partial charge is 0.457 e. The minimum Gasteiger partial charge on any atom is -0.457 e. The summed E-state index contributed by atoms with van der Waals surface area (Å²) in [5, 5.41) is 4.45. The molecule has 246 valence electrons. The van der Waals surface area contributed by atoms with Gasteiger partial charge in [0.05, 0.1) is 0 Å². The van der Waals surface area contributed by atoms with Crippen LogP contribution < -0.4 is 9.47 Å². The minimum absolute atomic E-state index is 0.153. The highest BCUT2D eigenvalue weighted by Gasteiger charge is 2.38. The summed E-state index contributed by atoms with van der Waals surface area (Å²) in [7, 11) is 0. The van der Waals surface area contributed by atoms with E-state index in [9.17, 15) is 0 Å². The summed E-state index contributed by atoms with van der Waals surface area (Å²) in [4.78, 5) is 0. The molecule has 2 nitrogen and oxygen atoms in total. The first-order chi connectivity index (χ1) is 25.1. The van der Waals surface area contributed by atoms with Crippen molar-refractivity contribution >= 4 is 21.5 Å². The average Bonchev–Trinajstić information content (AvgIpc) is 3.37. The Hall–Kier alpha value is -5.70. The molecule has 5 aliphatic carbocycles. The zero-order chi connectivity index (χ0) is 34.1. The molecular weight excluding hydrogens is 621 g/mol. The van der Waals surface area contributed by atoms with E-state index in [2.05, 4.69) is 147 Å². The van der Waals surface area contributed by atoms with Gasteiger partial charge in [-0.25, -0.2) is 0 Å². The van der Waals surface area contributed by atoms with Crippen molar-refractivity contribution in [1.29, 1.82) is 0 Å². The van der Waals surface area contributed by atoms with E-state index in [-0.39, 0.29) is 6.79 Å². The van der Waals surface area contributed by atoms with Crippen LogP contribution in [0, 0.1) is 35.5 Å². The minimum atomic E-state index is 0.153. The standard InChI is InChI=1S/C49H38O2/c1-30-3-23-40-36-15-9-32(10-16-36)5-7-34-13-19-38-21-25-44-48(42(38)27-34)49-43-28-35(14-20-39(43)22-26-45(49)51-29-50-44)8-6-33-11-17-37(18-12-33)41-24-4-31(2)46(30)47(40)41/h9-22,25-28,30-31,40-41H,3-4,23-24,29H2,1-2H3. The molecule has 1 heterocycles. The van der Waals surface area contributed by atoms with E-state index in [1.165, 1.54) is 36.8 Å². The van der Waals surface area contributed by atoms with Crippen molar-refractivity contribution in [3.63, 3.8) is 0 Å².